The molecule has 0 aliphatic carbocycles. The highest BCUT2D eigenvalue weighted by Gasteiger charge is 2.43. The van der Waals surface area contributed by atoms with Crippen LogP contribution in [0.25, 0.3) is 0 Å². The van der Waals surface area contributed by atoms with Gasteiger partial charge >= 0.3 is 0 Å². The van der Waals surface area contributed by atoms with Crippen molar-refractivity contribution in [1.29, 1.82) is 0 Å². The molecule has 1 rings (SSSR count). The first-order valence-corrected chi connectivity index (χ1v) is 6.36. The van der Waals surface area contributed by atoms with Crippen LogP contribution in [0, 0.1) is 11.8 Å². The summed E-state index contributed by atoms with van der Waals surface area (Å²) in [6.45, 7) is 4.88. The van der Waals surface area contributed by atoms with Crippen LogP contribution < -0.4 is 0 Å². The van der Waals surface area contributed by atoms with Gasteiger partial charge in [-0.2, -0.15) is 0 Å². The minimum atomic E-state index is -2.55. The van der Waals surface area contributed by atoms with E-state index in [1.807, 2.05) is 0 Å². The summed E-state index contributed by atoms with van der Waals surface area (Å²) in [4.78, 5) is 0. The first kappa shape index (κ1) is 14.6. The predicted molar refractivity (Wildman–Crippen MR) is 68.0 cm³/mol. The summed E-state index contributed by atoms with van der Waals surface area (Å²) in [7, 11) is 0. The molecular formula is C13H17BrF2O. The maximum Gasteiger partial charge on any atom is 0.244 e. The second-order valence-corrected chi connectivity index (χ2v) is 5.53. The average molecular weight is 307 g/mol. The highest BCUT2D eigenvalue weighted by Crippen LogP contribution is 2.40. The monoisotopic (exact) mass is 306 g/mol. The largest absolute Gasteiger partial charge is 0.384 e. The van der Waals surface area contributed by atoms with Crippen molar-refractivity contribution < 1.29 is 13.9 Å². The highest BCUT2D eigenvalue weighted by atomic mass is 79.9. The third kappa shape index (κ3) is 2.86. The lowest BCUT2D eigenvalue weighted by atomic mass is 9.74. The van der Waals surface area contributed by atoms with Crippen molar-refractivity contribution in [3.05, 3.63) is 34.3 Å². The second-order valence-electron chi connectivity index (χ2n) is 4.61. The van der Waals surface area contributed by atoms with Gasteiger partial charge in [-0.05, 0) is 23.6 Å². The number of halogens is 3. The summed E-state index contributed by atoms with van der Waals surface area (Å²) in [6, 6.07) is 6.87. The molecular weight excluding hydrogens is 290 g/mol. The molecule has 0 aromatic heterocycles. The molecule has 0 saturated carbocycles. The molecule has 17 heavy (non-hydrogen) atoms. The smallest absolute Gasteiger partial charge is 0.244 e. The van der Waals surface area contributed by atoms with Gasteiger partial charge in [-0.15, -0.1) is 0 Å². The van der Waals surface area contributed by atoms with Crippen molar-refractivity contribution in [2.45, 2.75) is 32.8 Å². The van der Waals surface area contributed by atoms with Crippen LogP contribution in [-0.4, -0.2) is 11.5 Å². The van der Waals surface area contributed by atoms with Gasteiger partial charge < -0.3 is 5.11 Å². The first-order valence-electron chi connectivity index (χ1n) is 5.56. The molecule has 0 aliphatic heterocycles. The molecule has 0 spiro atoms. The summed E-state index contributed by atoms with van der Waals surface area (Å²) in [5, 5.41) is 10.6. The van der Waals surface area contributed by atoms with Crippen LogP contribution >= 0.6 is 15.9 Å². The van der Waals surface area contributed by atoms with Gasteiger partial charge in [0.1, 0.15) is 0 Å². The molecule has 1 N–H and O–H groups in total. The van der Waals surface area contributed by atoms with E-state index in [9.17, 15) is 13.9 Å². The standard InChI is InChI=1S/C13H17BrF2O/c1-8(2)13(17,9(3)12(15)16)10-4-6-11(14)7-5-10/h4-9,12,17H,1-3H3. The Bertz CT molecular complexity index is 364. The van der Waals surface area contributed by atoms with E-state index in [0.29, 0.717) is 5.56 Å². The Balaban J connectivity index is 3.20. The summed E-state index contributed by atoms with van der Waals surface area (Å²) in [5.41, 5.74) is -0.974. The fraction of sp³-hybridized carbons (Fsp3) is 0.538. The minimum Gasteiger partial charge on any atom is -0.384 e. The third-order valence-electron chi connectivity index (χ3n) is 3.26. The molecule has 96 valence electrons. The van der Waals surface area contributed by atoms with Crippen LogP contribution in [0.15, 0.2) is 28.7 Å². The van der Waals surface area contributed by atoms with Gasteiger partial charge in [-0.25, -0.2) is 8.78 Å². The molecule has 4 heteroatoms. The van der Waals surface area contributed by atoms with Gasteiger partial charge in [0.15, 0.2) is 0 Å². The van der Waals surface area contributed by atoms with E-state index >= 15 is 0 Å². The zero-order valence-corrected chi connectivity index (χ0v) is 11.7. The number of aliphatic hydroxyl groups is 1. The summed E-state index contributed by atoms with van der Waals surface area (Å²) >= 11 is 3.29. The Morgan fingerprint density at radius 1 is 1.12 bits per heavy atom. The molecule has 0 aliphatic rings. The number of rotatable bonds is 4. The van der Waals surface area contributed by atoms with E-state index < -0.39 is 17.9 Å². The zero-order chi connectivity index (χ0) is 13.2. The van der Waals surface area contributed by atoms with Crippen molar-refractivity contribution in [2.75, 3.05) is 0 Å². The Hall–Kier alpha value is -0.480. The van der Waals surface area contributed by atoms with Crippen molar-refractivity contribution >= 4 is 15.9 Å². The van der Waals surface area contributed by atoms with Crippen LogP contribution in [0.5, 0.6) is 0 Å². The third-order valence-corrected chi connectivity index (χ3v) is 3.79. The Labute approximate surface area is 109 Å². The van der Waals surface area contributed by atoms with Crippen LogP contribution in [0.3, 0.4) is 0 Å². The van der Waals surface area contributed by atoms with E-state index in [0.717, 1.165) is 4.47 Å². The van der Waals surface area contributed by atoms with Crippen LogP contribution in [0.2, 0.25) is 0 Å². The number of hydrogen-bond donors (Lipinski definition) is 1. The van der Waals surface area contributed by atoms with Crippen molar-refractivity contribution in [2.24, 2.45) is 11.8 Å². The van der Waals surface area contributed by atoms with Gasteiger partial charge in [-0.3, -0.25) is 0 Å². The molecule has 0 bridgehead atoms. The van der Waals surface area contributed by atoms with E-state index in [-0.39, 0.29) is 5.92 Å². The molecule has 1 aromatic rings. The van der Waals surface area contributed by atoms with Crippen LogP contribution in [0.4, 0.5) is 8.78 Å². The quantitative estimate of drug-likeness (QED) is 0.884. The molecule has 0 fully saturated rings. The molecule has 2 unspecified atom stereocenters. The topological polar surface area (TPSA) is 20.2 Å². The molecule has 0 heterocycles. The fourth-order valence-electron chi connectivity index (χ4n) is 2.03. The van der Waals surface area contributed by atoms with Crippen molar-refractivity contribution in [3.8, 4) is 0 Å². The Morgan fingerprint density at radius 3 is 1.94 bits per heavy atom. The maximum atomic E-state index is 12.9. The number of alkyl halides is 2. The fourth-order valence-corrected chi connectivity index (χ4v) is 2.30. The predicted octanol–water partition coefficient (Wildman–Crippen LogP) is 4.19. The van der Waals surface area contributed by atoms with Gasteiger partial charge in [0.2, 0.25) is 6.43 Å². The van der Waals surface area contributed by atoms with Gasteiger partial charge in [0.05, 0.1) is 11.5 Å². The van der Waals surface area contributed by atoms with Crippen molar-refractivity contribution in [1.82, 2.24) is 0 Å². The summed E-state index contributed by atoms with van der Waals surface area (Å²) in [5.74, 6) is -1.39. The van der Waals surface area contributed by atoms with E-state index in [2.05, 4.69) is 15.9 Å². The van der Waals surface area contributed by atoms with Gasteiger partial charge in [0.25, 0.3) is 0 Å². The van der Waals surface area contributed by atoms with Crippen LogP contribution in [-0.2, 0) is 5.60 Å². The summed E-state index contributed by atoms with van der Waals surface area (Å²) < 4.78 is 26.6. The molecule has 0 saturated heterocycles. The minimum absolute atomic E-state index is 0.285. The van der Waals surface area contributed by atoms with Gasteiger partial charge in [0, 0.05) is 4.47 Å². The molecule has 2 atom stereocenters. The lowest BCUT2D eigenvalue weighted by Crippen LogP contribution is -2.42. The summed E-state index contributed by atoms with van der Waals surface area (Å²) in [6.07, 6.45) is -2.55. The molecule has 1 aromatic carbocycles. The Kier molecular flexibility index (Phi) is 4.67. The lowest BCUT2D eigenvalue weighted by molar-refractivity contribution is -0.112. The molecule has 0 amide bonds. The molecule has 1 nitrogen and oxygen atoms in total. The average Bonchev–Trinajstić information content (AvgIpc) is 2.27. The maximum absolute atomic E-state index is 12.9. The van der Waals surface area contributed by atoms with Gasteiger partial charge in [-0.1, -0.05) is 48.8 Å². The van der Waals surface area contributed by atoms with E-state index in [1.54, 1.807) is 38.1 Å². The second kappa shape index (κ2) is 5.44. The number of benzene rings is 1. The first-order chi connectivity index (χ1) is 7.80. The highest BCUT2D eigenvalue weighted by molar-refractivity contribution is 9.10. The SMILES string of the molecule is CC(C)C(O)(c1ccc(Br)cc1)C(C)C(F)F. The Morgan fingerprint density at radius 2 is 1.59 bits per heavy atom. The zero-order valence-electron chi connectivity index (χ0n) is 10.1. The number of hydrogen-bond acceptors (Lipinski definition) is 1. The van der Waals surface area contributed by atoms with Crippen LogP contribution in [0.1, 0.15) is 26.3 Å². The normalized spacial score (nSPS) is 17.2. The van der Waals surface area contributed by atoms with E-state index in [1.165, 1.54) is 6.92 Å². The lowest BCUT2D eigenvalue weighted by Gasteiger charge is -2.38. The molecule has 0 radical (unpaired) electrons. The van der Waals surface area contributed by atoms with E-state index in [4.69, 9.17) is 0 Å². The van der Waals surface area contributed by atoms with Crippen molar-refractivity contribution in [3.63, 3.8) is 0 Å².